The second-order valence-corrected chi connectivity index (χ2v) is 4.22. The van der Waals surface area contributed by atoms with Crippen molar-refractivity contribution in [2.45, 2.75) is 18.9 Å². The summed E-state index contributed by atoms with van der Waals surface area (Å²) < 4.78 is 0. The molecule has 1 aliphatic carbocycles. The van der Waals surface area contributed by atoms with Crippen molar-refractivity contribution in [3.8, 4) is 0 Å². The predicted molar refractivity (Wildman–Crippen MR) is 68.1 cm³/mol. The van der Waals surface area contributed by atoms with Gasteiger partial charge in [0, 0.05) is 6.04 Å². The molecule has 0 unspecified atom stereocenters. The van der Waals surface area contributed by atoms with E-state index in [-0.39, 0.29) is 5.56 Å². The number of H-pyrrole nitrogens is 1. The van der Waals surface area contributed by atoms with Gasteiger partial charge in [0.1, 0.15) is 0 Å². The Morgan fingerprint density at radius 3 is 2.82 bits per heavy atom. The van der Waals surface area contributed by atoms with E-state index in [0.29, 0.717) is 17.4 Å². The normalized spacial score (nSPS) is 15.5. The molecule has 4 nitrogen and oxygen atoms in total. The monoisotopic (exact) mass is 227 g/mol. The van der Waals surface area contributed by atoms with E-state index in [1.54, 1.807) is 6.07 Å². The van der Waals surface area contributed by atoms with Crippen LogP contribution in [0.5, 0.6) is 0 Å². The maximum Gasteiger partial charge on any atom is 0.260 e. The van der Waals surface area contributed by atoms with Crippen LogP contribution < -0.4 is 10.9 Å². The summed E-state index contributed by atoms with van der Waals surface area (Å²) in [6.45, 7) is 0. The number of nitrogens with zero attached hydrogens (tertiary/aromatic N) is 1. The lowest BCUT2D eigenvalue weighted by Crippen LogP contribution is -2.20. The fourth-order valence-electron chi connectivity index (χ4n) is 2.08. The van der Waals surface area contributed by atoms with Crippen molar-refractivity contribution in [1.29, 1.82) is 0 Å². The standard InChI is InChI=1S/C13H13N3O/c17-12-10-7-3-4-8-11(10)15-13(16-12)14-9-5-1-2-6-9/h1-4,7-9H,5-6H2,(H2,14,15,16,17). The fourth-order valence-corrected chi connectivity index (χ4v) is 2.08. The number of benzene rings is 1. The van der Waals surface area contributed by atoms with Crippen molar-refractivity contribution >= 4 is 16.9 Å². The van der Waals surface area contributed by atoms with E-state index in [1.165, 1.54) is 0 Å². The first-order valence-corrected chi connectivity index (χ1v) is 5.73. The van der Waals surface area contributed by atoms with E-state index in [0.717, 1.165) is 18.4 Å². The van der Waals surface area contributed by atoms with Crippen molar-refractivity contribution in [2.75, 3.05) is 5.32 Å². The Morgan fingerprint density at radius 1 is 1.24 bits per heavy atom. The fraction of sp³-hybridized carbons (Fsp3) is 0.231. The molecule has 1 aromatic carbocycles. The molecule has 0 saturated carbocycles. The maximum atomic E-state index is 11.8. The van der Waals surface area contributed by atoms with E-state index in [1.807, 2.05) is 18.2 Å². The van der Waals surface area contributed by atoms with Gasteiger partial charge in [-0.15, -0.1) is 0 Å². The largest absolute Gasteiger partial charge is 0.352 e. The van der Waals surface area contributed by atoms with Crippen LogP contribution in [0.1, 0.15) is 12.8 Å². The number of fused-ring (bicyclic) bond motifs is 1. The molecule has 0 spiro atoms. The second-order valence-electron chi connectivity index (χ2n) is 4.22. The van der Waals surface area contributed by atoms with Gasteiger partial charge in [-0.1, -0.05) is 24.3 Å². The first kappa shape index (κ1) is 10.1. The van der Waals surface area contributed by atoms with Crippen molar-refractivity contribution in [2.24, 2.45) is 0 Å². The molecule has 3 rings (SSSR count). The number of hydrogen-bond acceptors (Lipinski definition) is 3. The zero-order valence-electron chi connectivity index (χ0n) is 9.31. The highest BCUT2D eigenvalue weighted by Gasteiger charge is 2.11. The molecular formula is C13H13N3O. The second kappa shape index (κ2) is 4.05. The van der Waals surface area contributed by atoms with Gasteiger partial charge in [-0.25, -0.2) is 4.98 Å². The molecule has 1 aromatic heterocycles. The lowest BCUT2D eigenvalue weighted by molar-refractivity contribution is 0.773. The van der Waals surface area contributed by atoms with Gasteiger partial charge in [-0.2, -0.15) is 0 Å². The molecule has 4 heteroatoms. The van der Waals surface area contributed by atoms with Gasteiger partial charge >= 0.3 is 0 Å². The van der Waals surface area contributed by atoms with Gasteiger partial charge in [-0.05, 0) is 25.0 Å². The summed E-state index contributed by atoms with van der Waals surface area (Å²) in [4.78, 5) is 19.0. The van der Waals surface area contributed by atoms with E-state index in [2.05, 4.69) is 27.4 Å². The highest BCUT2D eigenvalue weighted by atomic mass is 16.1. The molecule has 0 fully saturated rings. The SMILES string of the molecule is O=c1[nH]c(NC2CC=CC2)nc2ccccc12. The van der Waals surface area contributed by atoms with Crippen LogP contribution in [0.15, 0.2) is 41.2 Å². The third-order valence-electron chi connectivity index (χ3n) is 2.96. The highest BCUT2D eigenvalue weighted by molar-refractivity contribution is 5.78. The molecule has 17 heavy (non-hydrogen) atoms. The van der Waals surface area contributed by atoms with Crippen LogP contribution >= 0.6 is 0 Å². The van der Waals surface area contributed by atoms with Gasteiger partial charge in [0.25, 0.3) is 5.56 Å². The van der Waals surface area contributed by atoms with Crippen molar-refractivity contribution < 1.29 is 0 Å². The Hall–Kier alpha value is -2.10. The number of aromatic amines is 1. The average Bonchev–Trinajstić information content (AvgIpc) is 2.82. The first-order chi connectivity index (χ1) is 8.33. The Labute approximate surface area is 98.4 Å². The van der Waals surface area contributed by atoms with Crippen molar-refractivity contribution in [3.05, 3.63) is 46.8 Å². The lowest BCUT2D eigenvalue weighted by Gasteiger charge is -2.12. The summed E-state index contributed by atoms with van der Waals surface area (Å²) in [5, 5.41) is 3.87. The van der Waals surface area contributed by atoms with Gasteiger partial charge in [0.2, 0.25) is 5.95 Å². The third-order valence-corrected chi connectivity index (χ3v) is 2.96. The van der Waals surface area contributed by atoms with E-state index >= 15 is 0 Å². The molecule has 2 N–H and O–H groups in total. The quantitative estimate of drug-likeness (QED) is 0.772. The molecule has 0 amide bonds. The van der Waals surface area contributed by atoms with Crippen LogP contribution in [-0.2, 0) is 0 Å². The summed E-state index contributed by atoms with van der Waals surface area (Å²) in [5.74, 6) is 0.558. The maximum absolute atomic E-state index is 11.8. The summed E-state index contributed by atoms with van der Waals surface area (Å²) in [6, 6.07) is 7.70. The molecule has 86 valence electrons. The highest BCUT2D eigenvalue weighted by Crippen LogP contribution is 2.14. The van der Waals surface area contributed by atoms with E-state index in [4.69, 9.17) is 0 Å². The number of rotatable bonds is 2. The number of aromatic nitrogens is 2. The summed E-state index contributed by atoms with van der Waals surface area (Å²) >= 11 is 0. The van der Waals surface area contributed by atoms with Crippen LogP contribution in [0.25, 0.3) is 10.9 Å². The Balaban J connectivity index is 1.97. The molecule has 1 aliphatic rings. The van der Waals surface area contributed by atoms with Gasteiger partial charge in [0.15, 0.2) is 0 Å². The molecule has 2 aromatic rings. The minimum absolute atomic E-state index is 0.0935. The van der Waals surface area contributed by atoms with Crippen LogP contribution in [-0.4, -0.2) is 16.0 Å². The Bertz CT molecular complexity index is 622. The summed E-state index contributed by atoms with van der Waals surface area (Å²) in [5.41, 5.74) is 0.633. The average molecular weight is 227 g/mol. The van der Waals surface area contributed by atoms with Crippen LogP contribution in [0, 0.1) is 0 Å². The van der Waals surface area contributed by atoms with E-state index < -0.39 is 0 Å². The van der Waals surface area contributed by atoms with Gasteiger partial charge < -0.3 is 5.32 Å². The van der Waals surface area contributed by atoms with Crippen molar-refractivity contribution in [1.82, 2.24) is 9.97 Å². The molecular weight excluding hydrogens is 214 g/mol. The molecule has 0 bridgehead atoms. The van der Waals surface area contributed by atoms with Crippen LogP contribution in [0.2, 0.25) is 0 Å². The minimum atomic E-state index is -0.0935. The zero-order chi connectivity index (χ0) is 11.7. The lowest BCUT2D eigenvalue weighted by atomic mass is 10.2. The van der Waals surface area contributed by atoms with Crippen LogP contribution in [0.3, 0.4) is 0 Å². The number of hydrogen-bond donors (Lipinski definition) is 2. The van der Waals surface area contributed by atoms with Gasteiger partial charge in [-0.3, -0.25) is 9.78 Å². The molecule has 0 saturated heterocycles. The molecule has 0 aliphatic heterocycles. The number of nitrogens with one attached hydrogen (secondary N) is 2. The first-order valence-electron chi connectivity index (χ1n) is 5.73. The van der Waals surface area contributed by atoms with Crippen molar-refractivity contribution in [3.63, 3.8) is 0 Å². The topological polar surface area (TPSA) is 57.8 Å². The zero-order valence-corrected chi connectivity index (χ0v) is 9.31. The smallest absolute Gasteiger partial charge is 0.260 e. The minimum Gasteiger partial charge on any atom is -0.352 e. The van der Waals surface area contributed by atoms with Gasteiger partial charge in [0.05, 0.1) is 10.9 Å². The Kier molecular flexibility index (Phi) is 2.40. The number of anilines is 1. The summed E-state index contributed by atoms with van der Waals surface area (Å²) in [6.07, 6.45) is 6.24. The predicted octanol–water partition coefficient (Wildman–Crippen LogP) is 2.05. The molecule has 0 radical (unpaired) electrons. The summed E-state index contributed by atoms with van der Waals surface area (Å²) in [7, 11) is 0. The molecule has 0 atom stereocenters. The van der Waals surface area contributed by atoms with E-state index in [9.17, 15) is 4.79 Å². The molecule has 1 heterocycles. The van der Waals surface area contributed by atoms with Crippen LogP contribution in [0.4, 0.5) is 5.95 Å². The Morgan fingerprint density at radius 2 is 2.00 bits per heavy atom. The number of para-hydroxylation sites is 1. The third kappa shape index (κ3) is 1.93.